The van der Waals surface area contributed by atoms with Crippen molar-refractivity contribution in [3.05, 3.63) is 40.6 Å². The average Bonchev–Trinajstić information content (AvgIpc) is 2.84. The number of ether oxygens (including phenoxy) is 2. The Morgan fingerprint density at radius 1 is 1.30 bits per heavy atom. The van der Waals surface area contributed by atoms with Crippen molar-refractivity contribution in [1.82, 2.24) is 4.57 Å². The topological polar surface area (TPSA) is 52.8 Å². The van der Waals surface area contributed by atoms with Crippen molar-refractivity contribution < 1.29 is 14.3 Å². The number of rotatable bonds is 5. The van der Waals surface area contributed by atoms with Gasteiger partial charge in [-0.3, -0.25) is 4.79 Å². The highest BCUT2D eigenvalue weighted by Crippen LogP contribution is 2.26. The van der Waals surface area contributed by atoms with E-state index in [2.05, 4.69) is 4.99 Å². The maximum absolute atomic E-state index is 11.8. The van der Waals surface area contributed by atoms with Crippen molar-refractivity contribution in [3.8, 4) is 11.5 Å². The zero-order chi connectivity index (χ0) is 14.4. The smallest absolute Gasteiger partial charge is 0.286 e. The Hall–Kier alpha value is -2.08. The van der Waals surface area contributed by atoms with E-state index in [4.69, 9.17) is 9.47 Å². The SMILES string of the molecule is CCOc1ccccc1OCC(=O)N=c1sccn1C. The molecule has 20 heavy (non-hydrogen) atoms. The van der Waals surface area contributed by atoms with Gasteiger partial charge in [0.25, 0.3) is 5.91 Å². The highest BCUT2D eigenvalue weighted by atomic mass is 32.1. The van der Waals surface area contributed by atoms with Crippen LogP contribution in [0.2, 0.25) is 0 Å². The molecule has 0 spiro atoms. The predicted molar refractivity (Wildman–Crippen MR) is 77.0 cm³/mol. The van der Waals surface area contributed by atoms with Gasteiger partial charge in [-0.05, 0) is 19.1 Å². The number of carbonyl (C=O) groups excluding carboxylic acids is 1. The van der Waals surface area contributed by atoms with E-state index in [-0.39, 0.29) is 12.5 Å². The van der Waals surface area contributed by atoms with E-state index in [0.29, 0.717) is 22.9 Å². The molecule has 1 amide bonds. The Balaban J connectivity index is 2.02. The van der Waals surface area contributed by atoms with E-state index < -0.39 is 0 Å². The monoisotopic (exact) mass is 292 g/mol. The molecule has 0 radical (unpaired) electrons. The van der Waals surface area contributed by atoms with Crippen LogP contribution in [0.3, 0.4) is 0 Å². The molecule has 1 aromatic carbocycles. The van der Waals surface area contributed by atoms with Crippen LogP contribution < -0.4 is 14.3 Å². The third kappa shape index (κ3) is 3.71. The minimum absolute atomic E-state index is 0.109. The third-order valence-corrected chi connectivity index (χ3v) is 3.33. The van der Waals surface area contributed by atoms with Gasteiger partial charge >= 0.3 is 0 Å². The second-order valence-corrected chi connectivity index (χ2v) is 4.84. The fourth-order valence-electron chi connectivity index (χ4n) is 1.56. The molecule has 0 aliphatic heterocycles. The van der Waals surface area contributed by atoms with Crippen LogP contribution in [-0.4, -0.2) is 23.7 Å². The molecule has 0 aliphatic rings. The molecule has 0 unspecified atom stereocenters. The van der Waals surface area contributed by atoms with E-state index >= 15 is 0 Å². The summed E-state index contributed by atoms with van der Waals surface area (Å²) in [6, 6.07) is 7.26. The van der Waals surface area contributed by atoms with Crippen LogP contribution in [0.15, 0.2) is 40.8 Å². The fourth-order valence-corrected chi connectivity index (χ4v) is 2.30. The lowest BCUT2D eigenvalue weighted by Crippen LogP contribution is -2.17. The van der Waals surface area contributed by atoms with Crippen LogP contribution in [0.5, 0.6) is 11.5 Å². The molecule has 1 heterocycles. The summed E-state index contributed by atoms with van der Waals surface area (Å²) in [7, 11) is 1.84. The van der Waals surface area contributed by atoms with Crippen molar-refractivity contribution in [3.63, 3.8) is 0 Å². The minimum atomic E-state index is -0.325. The second kappa shape index (κ2) is 6.91. The van der Waals surface area contributed by atoms with Crippen molar-refractivity contribution >= 4 is 17.2 Å². The molecule has 0 fully saturated rings. The maximum atomic E-state index is 11.8. The van der Waals surface area contributed by atoms with Gasteiger partial charge in [-0.2, -0.15) is 4.99 Å². The predicted octanol–water partition coefficient (Wildman–Crippen LogP) is 1.99. The number of thiazole rings is 1. The number of aromatic nitrogens is 1. The van der Waals surface area contributed by atoms with Crippen LogP contribution in [0.4, 0.5) is 0 Å². The minimum Gasteiger partial charge on any atom is -0.490 e. The highest BCUT2D eigenvalue weighted by Gasteiger charge is 2.06. The molecule has 2 rings (SSSR count). The van der Waals surface area contributed by atoms with Crippen LogP contribution in [0, 0.1) is 0 Å². The summed E-state index contributed by atoms with van der Waals surface area (Å²) in [5, 5.41) is 1.87. The largest absolute Gasteiger partial charge is 0.490 e. The van der Waals surface area contributed by atoms with Gasteiger partial charge in [-0.25, -0.2) is 0 Å². The quantitative estimate of drug-likeness (QED) is 0.847. The molecular formula is C14H16N2O3S. The van der Waals surface area contributed by atoms with E-state index in [1.807, 2.05) is 37.7 Å². The number of benzene rings is 1. The summed E-state index contributed by atoms with van der Waals surface area (Å²) in [6.07, 6.45) is 1.85. The van der Waals surface area contributed by atoms with E-state index in [1.54, 1.807) is 16.7 Å². The highest BCUT2D eigenvalue weighted by molar-refractivity contribution is 7.07. The van der Waals surface area contributed by atoms with Gasteiger partial charge in [0.05, 0.1) is 6.61 Å². The van der Waals surface area contributed by atoms with Gasteiger partial charge in [0.1, 0.15) is 0 Å². The Morgan fingerprint density at radius 2 is 2.00 bits per heavy atom. The zero-order valence-electron chi connectivity index (χ0n) is 11.4. The van der Waals surface area contributed by atoms with Gasteiger partial charge in [0.15, 0.2) is 22.9 Å². The average molecular weight is 292 g/mol. The van der Waals surface area contributed by atoms with Gasteiger partial charge in [-0.15, -0.1) is 11.3 Å². The van der Waals surface area contributed by atoms with Crippen molar-refractivity contribution in [2.75, 3.05) is 13.2 Å². The Morgan fingerprint density at radius 3 is 2.60 bits per heavy atom. The number of amides is 1. The summed E-state index contributed by atoms with van der Waals surface area (Å²) in [5.41, 5.74) is 0. The molecule has 1 aromatic heterocycles. The molecule has 2 aromatic rings. The van der Waals surface area contributed by atoms with Crippen LogP contribution in [0.25, 0.3) is 0 Å². The van der Waals surface area contributed by atoms with Crippen molar-refractivity contribution in [1.29, 1.82) is 0 Å². The van der Waals surface area contributed by atoms with E-state index in [1.165, 1.54) is 11.3 Å². The first-order valence-corrected chi connectivity index (χ1v) is 7.11. The van der Waals surface area contributed by atoms with Crippen LogP contribution in [-0.2, 0) is 11.8 Å². The fraction of sp³-hybridized carbons (Fsp3) is 0.286. The van der Waals surface area contributed by atoms with Gasteiger partial charge in [-0.1, -0.05) is 12.1 Å². The number of aryl methyl sites for hydroxylation is 1. The molecule has 5 nitrogen and oxygen atoms in total. The number of hydrogen-bond donors (Lipinski definition) is 0. The summed E-state index contributed by atoms with van der Waals surface area (Å²) in [5.74, 6) is 0.854. The summed E-state index contributed by atoms with van der Waals surface area (Å²) >= 11 is 1.41. The van der Waals surface area contributed by atoms with E-state index in [0.717, 1.165) is 0 Å². The number of hydrogen-bond acceptors (Lipinski definition) is 4. The second-order valence-electron chi connectivity index (χ2n) is 3.97. The molecule has 6 heteroatoms. The number of para-hydroxylation sites is 2. The molecular weight excluding hydrogens is 276 g/mol. The summed E-state index contributed by atoms with van der Waals surface area (Å²) < 4.78 is 12.7. The number of carbonyl (C=O) groups is 1. The Kier molecular flexibility index (Phi) is 4.95. The molecule has 0 aliphatic carbocycles. The summed E-state index contributed by atoms with van der Waals surface area (Å²) in [4.78, 5) is 16.4. The molecule has 0 N–H and O–H groups in total. The zero-order valence-corrected chi connectivity index (χ0v) is 12.2. The molecule has 0 saturated heterocycles. The van der Waals surface area contributed by atoms with E-state index in [9.17, 15) is 4.79 Å². The van der Waals surface area contributed by atoms with Gasteiger partial charge in [0.2, 0.25) is 0 Å². The molecule has 106 valence electrons. The lowest BCUT2D eigenvalue weighted by atomic mass is 10.3. The Bertz CT molecular complexity index is 646. The van der Waals surface area contributed by atoms with Gasteiger partial charge in [0, 0.05) is 18.6 Å². The van der Waals surface area contributed by atoms with Crippen molar-refractivity contribution in [2.24, 2.45) is 12.0 Å². The molecule has 0 atom stereocenters. The lowest BCUT2D eigenvalue weighted by molar-refractivity contribution is -0.120. The number of nitrogens with zero attached hydrogens (tertiary/aromatic N) is 2. The Labute approximate surface area is 121 Å². The maximum Gasteiger partial charge on any atom is 0.286 e. The molecule has 0 bridgehead atoms. The summed E-state index contributed by atoms with van der Waals surface area (Å²) in [6.45, 7) is 2.33. The van der Waals surface area contributed by atoms with Gasteiger partial charge < -0.3 is 14.0 Å². The lowest BCUT2D eigenvalue weighted by Gasteiger charge is -2.09. The van der Waals surface area contributed by atoms with Crippen LogP contribution in [0.1, 0.15) is 6.92 Å². The first-order chi connectivity index (χ1) is 9.70. The first kappa shape index (κ1) is 14.3. The third-order valence-electron chi connectivity index (χ3n) is 2.48. The van der Waals surface area contributed by atoms with Crippen LogP contribution >= 0.6 is 11.3 Å². The molecule has 0 saturated carbocycles. The standard InChI is InChI=1S/C14H16N2O3S/c1-3-18-11-6-4-5-7-12(11)19-10-13(17)15-14-16(2)8-9-20-14/h4-9H,3,10H2,1-2H3. The first-order valence-electron chi connectivity index (χ1n) is 6.23. The van der Waals surface area contributed by atoms with Crippen molar-refractivity contribution in [2.45, 2.75) is 6.92 Å². The normalized spacial score (nSPS) is 11.4.